The smallest absolute Gasteiger partial charge is 0.275 e. The molecule has 3 aromatic carbocycles. The molecule has 0 bridgehead atoms. The first-order valence-corrected chi connectivity index (χ1v) is 10.4. The van der Waals surface area contributed by atoms with Crippen LogP contribution in [0, 0.1) is 18.6 Å². The van der Waals surface area contributed by atoms with Crippen LogP contribution < -0.4 is 10.1 Å². The molecule has 4 aromatic rings. The number of amides is 1. The minimum absolute atomic E-state index is 0.115. The van der Waals surface area contributed by atoms with Gasteiger partial charge in [0.2, 0.25) is 0 Å². The van der Waals surface area contributed by atoms with E-state index >= 15 is 0 Å². The third-order valence-electron chi connectivity index (χ3n) is 4.56. The van der Waals surface area contributed by atoms with Crippen molar-refractivity contribution in [3.63, 3.8) is 0 Å². The molecule has 31 heavy (non-hydrogen) atoms. The van der Waals surface area contributed by atoms with Crippen LogP contribution in [0.4, 0.5) is 14.5 Å². The first-order chi connectivity index (χ1) is 15.0. The van der Waals surface area contributed by atoms with Gasteiger partial charge in [0.1, 0.15) is 34.7 Å². The maximum atomic E-state index is 13.7. The van der Waals surface area contributed by atoms with E-state index in [1.807, 2.05) is 31.2 Å². The van der Waals surface area contributed by atoms with Gasteiger partial charge in [0.25, 0.3) is 5.91 Å². The molecule has 1 N–H and O–H groups in total. The predicted molar refractivity (Wildman–Crippen MR) is 117 cm³/mol. The normalized spacial score (nSPS) is 10.7. The molecule has 0 fully saturated rings. The van der Waals surface area contributed by atoms with E-state index in [0.29, 0.717) is 22.1 Å². The Morgan fingerprint density at radius 3 is 2.45 bits per heavy atom. The minimum atomic E-state index is -0.643. The van der Waals surface area contributed by atoms with E-state index in [0.717, 1.165) is 11.1 Å². The van der Waals surface area contributed by atoms with E-state index < -0.39 is 11.6 Å². The molecule has 0 aliphatic heterocycles. The van der Waals surface area contributed by atoms with Gasteiger partial charge in [-0.3, -0.25) is 4.79 Å². The number of anilines is 1. The summed E-state index contributed by atoms with van der Waals surface area (Å²) in [6.45, 7) is 1.75. The number of carbonyl (C=O) groups excluding carboxylic acids is 1. The van der Waals surface area contributed by atoms with Crippen molar-refractivity contribution in [2.75, 3.05) is 5.32 Å². The molecule has 4 rings (SSSR count). The predicted octanol–water partition coefficient (Wildman–Crippen LogP) is 6.23. The van der Waals surface area contributed by atoms with Gasteiger partial charge in [-0.1, -0.05) is 18.2 Å². The Balaban J connectivity index is 1.41. The fraction of sp³-hybridized carbons (Fsp3) is 0.0833. The summed E-state index contributed by atoms with van der Waals surface area (Å²) in [4.78, 5) is 16.9. The molecule has 0 aliphatic rings. The Morgan fingerprint density at radius 2 is 1.74 bits per heavy atom. The first kappa shape index (κ1) is 20.7. The molecule has 0 unspecified atom stereocenters. The zero-order valence-corrected chi connectivity index (χ0v) is 17.4. The molecule has 0 spiro atoms. The molecule has 0 saturated heterocycles. The van der Waals surface area contributed by atoms with Crippen molar-refractivity contribution in [1.29, 1.82) is 0 Å². The van der Waals surface area contributed by atoms with Crippen LogP contribution >= 0.6 is 11.3 Å². The summed E-state index contributed by atoms with van der Waals surface area (Å²) in [5.74, 6) is -1.09. The highest BCUT2D eigenvalue weighted by Gasteiger charge is 2.13. The van der Waals surface area contributed by atoms with Crippen molar-refractivity contribution in [2.45, 2.75) is 13.5 Å². The van der Waals surface area contributed by atoms with Crippen LogP contribution in [0.1, 0.15) is 21.6 Å². The Kier molecular flexibility index (Phi) is 6.04. The SMILES string of the molecule is Cc1cccc(NC(=O)c2csc(-c3ccc(OCc4c(F)cccc4F)cc3)n2)c1. The molecule has 156 valence electrons. The maximum Gasteiger partial charge on any atom is 0.275 e. The number of hydrogen-bond acceptors (Lipinski definition) is 4. The average Bonchev–Trinajstić information content (AvgIpc) is 3.24. The Bertz CT molecular complexity index is 1200. The maximum absolute atomic E-state index is 13.7. The quantitative estimate of drug-likeness (QED) is 0.390. The highest BCUT2D eigenvalue weighted by molar-refractivity contribution is 7.13. The van der Waals surface area contributed by atoms with Gasteiger partial charge in [0, 0.05) is 16.6 Å². The molecular weight excluding hydrogens is 418 g/mol. The summed E-state index contributed by atoms with van der Waals surface area (Å²) in [6.07, 6.45) is 0. The zero-order valence-electron chi connectivity index (χ0n) is 16.6. The van der Waals surface area contributed by atoms with Crippen LogP contribution in [0.2, 0.25) is 0 Å². The summed E-state index contributed by atoms with van der Waals surface area (Å²) in [7, 11) is 0. The number of thiazole rings is 1. The second kappa shape index (κ2) is 9.06. The van der Waals surface area contributed by atoms with E-state index in [-0.39, 0.29) is 18.1 Å². The number of carbonyl (C=O) groups is 1. The van der Waals surface area contributed by atoms with E-state index in [2.05, 4.69) is 10.3 Å². The van der Waals surface area contributed by atoms with Gasteiger partial charge >= 0.3 is 0 Å². The number of benzene rings is 3. The van der Waals surface area contributed by atoms with Gasteiger partial charge in [0.15, 0.2) is 0 Å². The Morgan fingerprint density at radius 1 is 1.03 bits per heavy atom. The third kappa shape index (κ3) is 4.95. The Hall–Kier alpha value is -3.58. The number of hydrogen-bond donors (Lipinski definition) is 1. The summed E-state index contributed by atoms with van der Waals surface area (Å²) >= 11 is 1.35. The van der Waals surface area contributed by atoms with Crippen molar-refractivity contribution < 1.29 is 18.3 Å². The standard InChI is InChI=1S/C24H18F2N2O2S/c1-15-4-2-5-17(12-15)27-23(29)22-14-31-24(28-22)16-8-10-18(11-9-16)30-13-19-20(25)6-3-7-21(19)26/h2-12,14H,13H2,1H3,(H,27,29). The molecular formula is C24H18F2N2O2S. The number of nitrogens with one attached hydrogen (secondary N) is 1. The highest BCUT2D eigenvalue weighted by atomic mass is 32.1. The number of halogens is 2. The largest absolute Gasteiger partial charge is 0.489 e. The van der Waals surface area contributed by atoms with E-state index in [4.69, 9.17) is 4.74 Å². The topological polar surface area (TPSA) is 51.2 Å². The van der Waals surface area contributed by atoms with Crippen molar-refractivity contribution in [3.05, 3.63) is 101 Å². The lowest BCUT2D eigenvalue weighted by molar-refractivity contribution is 0.102. The molecule has 0 atom stereocenters. The zero-order chi connectivity index (χ0) is 21.8. The summed E-state index contributed by atoms with van der Waals surface area (Å²) in [6, 6.07) is 18.2. The van der Waals surface area contributed by atoms with E-state index in [9.17, 15) is 13.6 Å². The van der Waals surface area contributed by atoms with Crippen molar-refractivity contribution >= 4 is 22.9 Å². The number of nitrogens with zero attached hydrogens (tertiary/aromatic N) is 1. The molecule has 0 radical (unpaired) electrons. The summed E-state index contributed by atoms with van der Waals surface area (Å²) in [5.41, 5.74) is 2.79. The van der Waals surface area contributed by atoms with Crippen molar-refractivity contribution in [1.82, 2.24) is 4.98 Å². The fourth-order valence-electron chi connectivity index (χ4n) is 2.95. The third-order valence-corrected chi connectivity index (χ3v) is 5.45. The van der Waals surface area contributed by atoms with E-state index in [1.54, 1.807) is 29.6 Å². The number of rotatable bonds is 6. The highest BCUT2D eigenvalue weighted by Crippen LogP contribution is 2.27. The van der Waals surface area contributed by atoms with Gasteiger partial charge in [-0.15, -0.1) is 11.3 Å². The van der Waals surface area contributed by atoms with Crippen LogP contribution in [0.5, 0.6) is 5.75 Å². The molecule has 1 amide bonds. The van der Waals surface area contributed by atoms with Crippen LogP contribution in [0.3, 0.4) is 0 Å². The second-order valence-electron chi connectivity index (χ2n) is 6.87. The minimum Gasteiger partial charge on any atom is -0.489 e. The first-order valence-electron chi connectivity index (χ1n) is 9.49. The fourth-order valence-corrected chi connectivity index (χ4v) is 3.75. The van der Waals surface area contributed by atoms with Crippen LogP contribution in [0.25, 0.3) is 10.6 Å². The monoisotopic (exact) mass is 436 g/mol. The van der Waals surface area contributed by atoms with Crippen LogP contribution in [0.15, 0.2) is 72.1 Å². The van der Waals surface area contributed by atoms with Gasteiger partial charge in [-0.05, 0) is 61.0 Å². The lowest BCUT2D eigenvalue weighted by Crippen LogP contribution is -2.12. The average molecular weight is 436 g/mol. The number of aromatic nitrogens is 1. The van der Waals surface area contributed by atoms with Crippen LogP contribution in [-0.4, -0.2) is 10.9 Å². The van der Waals surface area contributed by atoms with Gasteiger partial charge in [-0.25, -0.2) is 13.8 Å². The second-order valence-corrected chi connectivity index (χ2v) is 7.73. The van der Waals surface area contributed by atoms with Gasteiger partial charge in [-0.2, -0.15) is 0 Å². The van der Waals surface area contributed by atoms with Crippen LogP contribution in [-0.2, 0) is 6.61 Å². The van der Waals surface area contributed by atoms with Gasteiger partial charge in [0.05, 0.1) is 5.56 Å². The molecule has 4 nitrogen and oxygen atoms in total. The molecule has 7 heteroatoms. The molecule has 0 saturated carbocycles. The molecule has 0 aliphatic carbocycles. The summed E-state index contributed by atoms with van der Waals surface area (Å²) in [5, 5.41) is 5.22. The Labute approximate surface area is 182 Å². The molecule has 1 heterocycles. The summed E-state index contributed by atoms with van der Waals surface area (Å²) < 4.78 is 32.9. The lowest BCUT2D eigenvalue weighted by atomic mass is 10.2. The number of ether oxygens (including phenoxy) is 1. The lowest BCUT2D eigenvalue weighted by Gasteiger charge is -2.08. The van der Waals surface area contributed by atoms with E-state index in [1.165, 1.54) is 29.5 Å². The number of aryl methyl sites for hydroxylation is 1. The van der Waals surface area contributed by atoms with Crippen molar-refractivity contribution in [3.8, 4) is 16.3 Å². The molecule has 1 aromatic heterocycles. The van der Waals surface area contributed by atoms with Gasteiger partial charge < -0.3 is 10.1 Å². The van der Waals surface area contributed by atoms with Crippen molar-refractivity contribution in [2.24, 2.45) is 0 Å².